The first-order chi connectivity index (χ1) is 7.69. The Morgan fingerprint density at radius 1 is 1.50 bits per heavy atom. The van der Waals surface area contributed by atoms with Gasteiger partial charge in [-0.05, 0) is 53.5 Å². The molecule has 0 saturated heterocycles. The summed E-state index contributed by atoms with van der Waals surface area (Å²) in [6.45, 7) is 0.733. The molecule has 0 aliphatic rings. The minimum absolute atomic E-state index is 0.178. The van der Waals surface area contributed by atoms with Crippen LogP contribution >= 0.6 is 15.9 Å². The van der Waals surface area contributed by atoms with Crippen LogP contribution in [-0.2, 0) is 4.74 Å². The van der Waals surface area contributed by atoms with Crippen LogP contribution in [0.2, 0.25) is 0 Å². The number of hydrogen-bond donors (Lipinski definition) is 1. The molecule has 0 aliphatic carbocycles. The first kappa shape index (κ1) is 13.6. The van der Waals surface area contributed by atoms with Crippen molar-refractivity contribution >= 4 is 15.9 Å². The Bertz CT molecular complexity index is 333. The zero-order valence-electron chi connectivity index (χ0n) is 9.59. The van der Waals surface area contributed by atoms with Crippen LogP contribution in [0.3, 0.4) is 0 Å². The van der Waals surface area contributed by atoms with Gasteiger partial charge in [-0.1, -0.05) is 6.07 Å². The third-order valence-corrected chi connectivity index (χ3v) is 3.18. The van der Waals surface area contributed by atoms with Gasteiger partial charge in [0.05, 0.1) is 4.47 Å². The van der Waals surface area contributed by atoms with Gasteiger partial charge in [-0.3, -0.25) is 0 Å². The monoisotopic (exact) mass is 289 g/mol. The van der Waals surface area contributed by atoms with Crippen LogP contribution in [0, 0.1) is 5.82 Å². The van der Waals surface area contributed by atoms with Gasteiger partial charge in [-0.25, -0.2) is 4.39 Å². The van der Waals surface area contributed by atoms with Crippen LogP contribution in [0.4, 0.5) is 4.39 Å². The molecule has 0 fully saturated rings. The van der Waals surface area contributed by atoms with Gasteiger partial charge in [-0.15, -0.1) is 0 Å². The lowest BCUT2D eigenvalue weighted by atomic mass is 10.0. The number of hydrogen-bond acceptors (Lipinski definition) is 2. The molecule has 0 radical (unpaired) electrons. The topological polar surface area (TPSA) is 21.3 Å². The van der Waals surface area contributed by atoms with Gasteiger partial charge in [0.15, 0.2) is 0 Å². The number of halogens is 2. The van der Waals surface area contributed by atoms with Crippen molar-refractivity contribution in [1.82, 2.24) is 5.32 Å². The number of nitrogens with one attached hydrogen (secondary N) is 1. The molecule has 1 unspecified atom stereocenters. The van der Waals surface area contributed by atoms with Crippen molar-refractivity contribution in [2.24, 2.45) is 0 Å². The molecule has 4 heteroatoms. The second kappa shape index (κ2) is 6.99. The minimum Gasteiger partial charge on any atom is -0.385 e. The summed E-state index contributed by atoms with van der Waals surface area (Å²) in [5.41, 5.74) is 0.972. The third kappa shape index (κ3) is 3.85. The summed E-state index contributed by atoms with van der Waals surface area (Å²) < 4.78 is 18.9. The summed E-state index contributed by atoms with van der Waals surface area (Å²) >= 11 is 3.15. The van der Waals surface area contributed by atoms with E-state index in [1.54, 1.807) is 19.2 Å². The molecule has 0 bridgehead atoms. The molecule has 1 aromatic carbocycles. The summed E-state index contributed by atoms with van der Waals surface area (Å²) in [6, 6.07) is 5.42. The van der Waals surface area contributed by atoms with Gasteiger partial charge in [-0.2, -0.15) is 0 Å². The van der Waals surface area contributed by atoms with E-state index in [0.717, 1.165) is 25.0 Å². The fraction of sp³-hybridized carbons (Fsp3) is 0.500. The smallest absolute Gasteiger partial charge is 0.137 e. The molecule has 0 saturated carbocycles. The lowest BCUT2D eigenvalue weighted by molar-refractivity contribution is 0.189. The molecule has 2 nitrogen and oxygen atoms in total. The second-order valence-corrected chi connectivity index (χ2v) is 4.50. The highest BCUT2D eigenvalue weighted by Gasteiger charge is 2.10. The Hall–Kier alpha value is -0.450. The Kier molecular flexibility index (Phi) is 5.95. The van der Waals surface area contributed by atoms with E-state index >= 15 is 0 Å². The first-order valence-electron chi connectivity index (χ1n) is 5.30. The molecule has 0 aromatic heterocycles. The largest absolute Gasteiger partial charge is 0.385 e. The lowest BCUT2D eigenvalue weighted by Gasteiger charge is -2.16. The maximum atomic E-state index is 13.4. The van der Waals surface area contributed by atoms with Gasteiger partial charge in [0.25, 0.3) is 0 Å². The molecule has 0 heterocycles. The maximum Gasteiger partial charge on any atom is 0.137 e. The van der Waals surface area contributed by atoms with E-state index in [1.165, 1.54) is 0 Å². The molecule has 1 aromatic rings. The highest BCUT2D eigenvalue weighted by atomic mass is 79.9. The van der Waals surface area contributed by atoms with Crippen molar-refractivity contribution in [3.05, 3.63) is 34.1 Å². The molecule has 1 N–H and O–H groups in total. The van der Waals surface area contributed by atoms with Crippen molar-refractivity contribution in [2.45, 2.75) is 18.9 Å². The summed E-state index contributed by atoms with van der Waals surface area (Å²) in [4.78, 5) is 0. The summed E-state index contributed by atoms with van der Waals surface area (Å²) in [7, 11) is 3.57. The molecule has 1 atom stereocenters. The molecular weight excluding hydrogens is 273 g/mol. The van der Waals surface area contributed by atoms with Crippen LogP contribution in [-0.4, -0.2) is 20.8 Å². The van der Waals surface area contributed by atoms with Crippen molar-refractivity contribution in [1.29, 1.82) is 0 Å². The van der Waals surface area contributed by atoms with Crippen molar-refractivity contribution < 1.29 is 9.13 Å². The van der Waals surface area contributed by atoms with Crippen LogP contribution < -0.4 is 5.32 Å². The summed E-state index contributed by atoms with van der Waals surface area (Å²) in [5.74, 6) is -0.218. The predicted octanol–water partition coefficient (Wildman–Crippen LogP) is 3.28. The number of ether oxygens (including phenoxy) is 1. The Morgan fingerprint density at radius 2 is 2.25 bits per heavy atom. The Balaban J connectivity index is 2.67. The zero-order valence-corrected chi connectivity index (χ0v) is 11.2. The SMILES string of the molecule is CNC(CCCOC)c1ccc(Br)c(F)c1. The zero-order chi connectivity index (χ0) is 12.0. The average Bonchev–Trinajstić information content (AvgIpc) is 2.29. The lowest BCUT2D eigenvalue weighted by Crippen LogP contribution is -2.17. The predicted molar refractivity (Wildman–Crippen MR) is 67.0 cm³/mol. The van der Waals surface area contributed by atoms with Crippen LogP contribution in [0.1, 0.15) is 24.4 Å². The van der Waals surface area contributed by atoms with Gasteiger partial charge >= 0.3 is 0 Å². The molecule has 1 rings (SSSR count). The van der Waals surface area contributed by atoms with E-state index in [0.29, 0.717) is 4.47 Å². The van der Waals surface area contributed by atoms with E-state index < -0.39 is 0 Å². The molecule has 16 heavy (non-hydrogen) atoms. The number of benzene rings is 1. The molecule has 0 amide bonds. The van der Waals surface area contributed by atoms with E-state index in [2.05, 4.69) is 21.2 Å². The highest BCUT2D eigenvalue weighted by molar-refractivity contribution is 9.10. The normalized spacial score (nSPS) is 12.8. The summed E-state index contributed by atoms with van der Waals surface area (Å²) in [6.07, 6.45) is 1.89. The quantitative estimate of drug-likeness (QED) is 0.812. The molecule has 0 aliphatic heterocycles. The van der Waals surface area contributed by atoms with Crippen molar-refractivity contribution in [3.8, 4) is 0 Å². The molecule has 0 spiro atoms. The fourth-order valence-electron chi connectivity index (χ4n) is 1.64. The van der Waals surface area contributed by atoms with Gasteiger partial charge in [0.1, 0.15) is 5.82 Å². The standard InChI is InChI=1S/C12H17BrFNO/c1-15-12(4-3-7-16-2)9-5-6-10(13)11(14)8-9/h5-6,8,12,15H,3-4,7H2,1-2H3. The molecule has 90 valence electrons. The van der Waals surface area contributed by atoms with Gasteiger partial charge in [0.2, 0.25) is 0 Å². The summed E-state index contributed by atoms with van der Waals surface area (Å²) in [5, 5.41) is 3.19. The minimum atomic E-state index is -0.218. The number of rotatable bonds is 6. The van der Waals surface area contributed by atoms with E-state index in [1.807, 2.05) is 13.1 Å². The Labute approximate surface area is 104 Å². The van der Waals surface area contributed by atoms with Gasteiger partial charge < -0.3 is 10.1 Å². The average molecular weight is 290 g/mol. The van der Waals surface area contributed by atoms with Crippen LogP contribution in [0.25, 0.3) is 0 Å². The van der Waals surface area contributed by atoms with Crippen molar-refractivity contribution in [2.75, 3.05) is 20.8 Å². The third-order valence-electron chi connectivity index (χ3n) is 2.54. The second-order valence-electron chi connectivity index (χ2n) is 3.65. The van der Waals surface area contributed by atoms with Gasteiger partial charge in [0, 0.05) is 19.8 Å². The van der Waals surface area contributed by atoms with Crippen molar-refractivity contribution in [3.63, 3.8) is 0 Å². The number of methoxy groups -OCH3 is 1. The Morgan fingerprint density at radius 3 is 2.81 bits per heavy atom. The van der Waals surface area contributed by atoms with E-state index in [4.69, 9.17) is 4.74 Å². The maximum absolute atomic E-state index is 13.4. The highest BCUT2D eigenvalue weighted by Crippen LogP contribution is 2.23. The first-order valence-corrected chi connectivity index (χ1v) is 6.09. The fourth-order valence-corrected chi connectivity index (χ4v) is 1.89. The van der Waals surface area contributed by atoms with E-state index in [-0.39, 0.29) is 11.9 Å². The molecular formula is C12H17BrFNO. The van der Waals surface area contributed by atoms with Crippen LogP contribution in [0.15, 0.2) is 22.7 Å². The van der Waals surface area contributed by atoms with Crippen LogP contribution in [0.5, 0.6) is 0 Å². The van der Waals surface area contributed by atoms with E-state index in [9.17, 15) is 4.39 Å².